The fourth-order valence-electron chi connectivity index (χ4n) is 1.69. The highest BCUT2D eigenvalue weighted by atomic mass is 19.4. The van der Waals surface area contributed by atoms with Crippen LogP contribution in [0.2, 0.25) is 0 Å². The molecule has 0 fully saturated rings. The molecule has 0 aromatic heterocycles. The maximum absolute atomic E-state index is 12.4. The summed E-state index contributed by atoms with van der Waals surface area (Å²) in [5, 5.41) is 0. The quantitative estimate of drug-likeness (QED) is 0.789. The van der Waals surface area contributed by atoms with Crippen LogP contribution in [-0.4, -0.2) is 36.1 Å². The van der Waals surface area contributed by atoms with E-state index in [2.05, 4.69) is 0 Å². The van der Waals surface area contributed by atoms with Gasteiger partial charge in [0.25, 0.3) is 0 Å². The molecule has 0 aromatic rings. The number of carbonyl (C=O) groups is 1. The number of halogens is 3. The number of nitrogens with zero attached hydrogens (tertiary/aromatic N) is 1. The van der Waals surface area contributed by atoms with Crippen molar-refractivity contribution in [2.24, 2.45) is 11.7 Å². The summed E-state index contributed by atoms with van der Waals surface area (Å²) in [4.78, 5) is 12.8. The Kier molecular flexibility index (Phi) is 6.52. The van der Waals surface area contributed by atoms with E-state index in [9.17, 15) is 18.0 Å². The standard InChI is InChI=1S/C11H21F3N2O/c1-4-9(5-2)16(7-11(12,13)14)10(17)8(3)6-15/h8-9H,4-7,15H2,1-3H3. The minimum atomic E-state index is -4.37. The average Bonchev–Trinajstić information content (AvgIpc) is 2.25. The van der Waals surface area contributed by atoms with Gasteiger partial charge in [0.05, 0.1) is 0 Å². The van der Waals surface area contributed by atoms with Gasteiger partial charge in [-0.2, -0.15) is 13.2 Å². The third kappa shape index (κ3) is 5.39. The second-order valence-electron chi connectivity index (χ2n) is 4.19. The third-order valence-corrected chi connectivity index (χ3v) is 2.79. The van der Waals surface area contributed by atoms with Gasteiger partial charge in [0.2, 0.25) is 5.91 Å². The second kappa shape index (κ2) is 6.83. The minimum Gasteiger partial charge on any atom is -0.330 e. The largest absolute Gasteiger partial charge is 0.406 e. The molecule has 102 valence electrons. The molecule has 1 amide bonds. The second-order valence-corrected chi connectivity index (χ2v) is 4.19. The number of nitrogens with two attached hydrogens (primary N) is 1. The molecule has 0 aliphatic carbocycles. The van der Waals surface area contributed by atoms with Gasteiger partial charge in [-0.1, -0.05) is 20.8 Å². The summed E-state index contributed by atoms with van der Waals surface area (Å²) in [7, 11) is 0. The average molecular weight is 254 g/mol. The van der Waals surface area contributed by atoms with E-state index >= 15 is 0 Å². The van der Waals surface area contributed by atoms with E-state index in [-0.39, 0.29) is 12.6 Å². The maximum Gasteiger partial charge on any atom is 0.406 e. The molecule has 0 aromatic carbocycles. The van der Waals surface area contributed by atoms with E-state index in [0.29, 0.717) is 12.8 Å². The van der Waals surface area contributed by atoms with Crippen molar-refractivity contribution in [2.45, 2.75) is 45.8 Å². The fourth-order valence-corrected chi connectivity index (χ4v) is 1.69. The van der Waals surface area contributed by atoms with Crippen molar-refractivity contribution in [2.75, 3.05) is 13.1 Å². The Morgan fingerprint density at radius 2 is 1.76 bits per heavy atom. The molecule has 0 heterocycles. The molecular weight excluding hydrogens is 233 g/mol. The van der Waals surface area contributed by atoms with Crippen LogP contribution in [0.4, 0.5) is 13.2 Å². The van der Waals surface area contributed by atoms with E-state index in [0.717, 1.165) is 4.90 Å². The summed E-state index contributed by atoms with van der Waals surface area (Å²) < 4.78 is 37.3. The van der Waals surface area contributed by atoms with Gasteiger partial charge in [-0.25, -0.2) is 0 Å². The number of rotatable bonds is 6. The molecule has 6 heteroatoms. The highest BCUT2D eigenvalue weighted by Gasteiger charge is 2.36. The number of hydrogen-bond acceptors (Lipinski definition) is 2. The van der Waals surface area contributed by atoms with Crippen LogP contribution in [0.15, 0.2) is 0 Å². The molecule has 1 unspecified atom stereocenters. The Morgan fingerprint density at radius 1 is 1.29 bits per heavy atom. The van der Waals surface area contributed by atoms with Gasteiger partial charge in [0, 0.05) is 18.5 Å². The van der Waals surface area contributed by atoms with Crippen LogP contribution in [0, 0.1) is 5.92 Å². The van der Waals surface area contributed by atoms with Gasteiger partial charge < -0.3 is 10.6 Å². The first-order valence-electron chi connectivity index (χ1n) is 5.84. The minimum absolute atomic E-state index is 0.0628. The van der Waals surface area contributed by atoms with Crippen LogP contribution in [0.5, 0.6) is 0 Å². The Bertz CT molecular complexity index is 239. The fraction of sp³-hybridized carbons (Fsp3) is 0.909. The number of alkyl halides is 3. The van der Waals surface area contributed by atoms with E-state index in [1.54, 1.807) is 20.8 Å². The zero-order valence-electron chi connectivity index (χ0n) is 10.5. The number of amides is 1. The van der Waals surface area contributed by atoms with E-state index in [1.807, 2.05) is 0 Å². The molecule has 0 saturated carbocycles. The maximum atomic E-state index is 12.4. The van der Waals surface area contributed by atoms with Crippen molar-refractivity contribution >= 4 is 5.91 Å². The zero-order chi connectivity index (χ0) is 13.6. The van der Waals surface area contributed by atoms with Crippen LogP contribution in [0.3, 0.4) is 0 Å². The molecule has 0 aliphatic rings. The molecule has 17 heavy (non-hydrogen) atoms. The first kappa shape index (κ1) is 16.2. The van der Waals surface area contributed by atoms with Gasteiger partial charge in [-0.05, 0) is 12.8 Å². The van der Waals surface area contributed by atoms with Gasteiger partial charge in [-0.3, -0.25) is 4.79 Å². The summed E-state index contributed by atoms with van der Waals surface area (Å²) in [5.41, 5.74) is 5.33. The van der Waals surface area contributed by atoms with Crippen molar-refractivity contribution in [1.82, 2.24) is 4.90 Å². The van der Waals surface area contributed by atoms with E-state index in [4.69, 9.17) is 5.73 Å². The SMILES string of the molecule is CCC(CC)N(CC(F)(F)F)C(=O)C(C)CN. The lowest BCUT2D eigenvalue weighted by molar-refractivity contribution is -0.168. The van der Waals surface area contributed by atoms with Gasteiger partial charge >= 0.3 is 6.18 Å². The summed E-state index contributed by atoms with van der Waals surface area (Å²) in [6, 6.07) is -0.377. The van der Waals surface area contributed by atoms with Crippen molar-refractivity contribution in [3.8, 4) is 0 Å². The predicted molar refractivity (Wildman–Crippen MR) is 60.4 cm³/mol. The molecule has 0 bridgehead atoms. The molecule has 0 radical (unpaired) electrons. The van der Waals surface area contributed by atoms with Crippen molar-refractivity contribution in [1.29, 1.82) is 0 Å². The highest BCUT2D eigenvalue weighted by molar-refractivity contribution is 5.79. The molecular formula is C11H21F3N2O. The van der Waals surface area contributed by atoms with Crippen LogP contribution >= 0.6 is 0 Å². The highest BCUT2D eigenvalue weighted by Crippen LogP contribution is 2.21. The summed E-state index contributed by atoms with van der Waals surface area (Å²) in [5.74, 6) is -1.09. The lowest BCUT2D eigenvalue weighted by atomic mass is 10.1. The third-order valence-electron chi connectivity index (χ3n) is 2.79. The molecule has 0 saturated heterocycles. The monoisotopic (exact) mass is 254 g/mol. The summed E-state index contributed by atoms with van der Waals surface area (Å²) >= 11 is 0. The van der Waals surface area contributed by atoms with Crippen LogP contribution in [0.1, 0.15) is 33.6 Å². The predicted octanol–water partition coefficient (Wildman–Crippen LogP) is 2.16. The molecule has 0 rings (SSSR count). The Labute approximate surface area is 100 Å². The molecule has 1 atom stereocenters. The molecule has 0 spiro atoms. The van der Waals surface area contributed by atoms with Gasteiger partial charge in [-0.15, -0.1) is 0 Å². The Hall–Kier alpha value is -0.780. The normalized spacial score (nSPS) is 13.9. The number of carbonyl (C=O) groups excluding carboxylic acids is 1. The van der Waals surface area contributed by atoms with Crippen molar-refractivity contribution in [3.05, 3.63) is 0 Å². The Morgan fingerprint density at radius 3 is 2.06 bits per heavy atom. The first-order valence-corrected chi connectivity index (χ1v) is 5.84. The van der Waals surface area contributed by atoms with Crippen molar-refractivity contribution < 1.29 is 18.0 Å². The van der Waals surface area contributed by atoms with E-state index < -0.39 is 24.5 Å². The topological polar surface area (TPSA) is 46.3 Å². The Balaban J connectivity index is 4.90. The van der Waals surface area contributed by atoms with E-state index in [1.165, 1.54) is 0 Å². The molecule has 2 N–H and O–H groups in total. The van der Waals surface area contributed by atoms with Gasteiger partial charge in [0.1, 0.15) is 6.54 Å². The lowest BCUT2D eigenvalue weighted by Gasteiger charge is -2.33. The first-order chi connectivity index (χ1) is 7.76. The van der Waals surface area contributed by atoms with Crippen LogP contribution < -0.4 is 5.73 Å². The van der Waals surface area contributed by atoms with Crippen LogP contribution in [-0.2, 0) is 4.79 Å². The summed E-state index contributed by atoms with van der Waals surface area (Å²) in [6.07, 6.45) is -3.35. The molecule has 0 aliphatic heterocycles. The van der Waals surface area contributed by atoms with Gasteiger partial charge in [0.15, 0.2) is 0 Å². The summed E-state index contributed by atoms with van der Waals surface area (Å²) in [6.45, 7) is 3.97. The lowest BCUT2D eigenvalue weighted by Crippen LogP contribution is -2.48. The molecule has 3 nitrogen and oxygen atoms in total. The van der Waals surface area contributed by atoms with Crippen LogP contribution in [0.25, 0.3) is 0 Å². The number of hydrogen-bond donors (Lipinski definition) is 1. The smallest absolute Gasteiger partial charge is 0.330 e. The zero-order valence-corrected chi connectivity index (χ0v) is 10.5. The van der Waals surface area contributed by atoms with Crippen molar-refractivity contribution in [3.63, 3.8) is 0 Å².